The third kappa shape index (κ3) is 6.06. The van der Waals surface area contributed by atoms with Crippen molar-refractivity contribution in [1.29, 1.82) is 0 Å². The number of rotatable bonds is 10. The maximum atomic E-state index is 12.6. The second-order valence-corrected chi connectivity index (χ2v) is 5.66. The Hall–Kier alpha value is -2.57. The minimum absolute atomic E-state index is 0.234. The van der Waals surface area contributed by atoms with Crippen molar-refractivity contribution in [2.24, 2.45) is 0 Å². The average Bonchev–Trinajstić information content (AvgIpc) is 2.64. The van der Waals surface area contributed by atoms with Crippen LogP contribution >= 0.6 is 0 Å². The molecule has 1 N–H and O–H groups in total. The van der Waals surface area contributed by atoms with E-state index in [1.165, 1.54) is 0 Å². The number of carbonyl (C=O) groups is 1. The number of ether oxygens (including phenoxy) is 4. The minimum Gasteiger partial charge on any atom is -0.491 e. The quantitative estimate of drug-likeness (QED) is 0.660. The monoisotopic (exact) mass is 359 g/mol. The summed E-state index contributed by atoms with van der Waals surface area (Å²) < 4.78 is 21.2. The Balaban J connectivity index is 2.08. The smallest absolute Gasteiger partial charge is 0.255 e. The van der Waals surface area contributed by atoms with Crippen LogP contribution in [0.15, 0.2) is 42.5 Å². The van der Waals surface area contributed by atoms with Gasteiger partial charge in [-0.05, 0) is 42.8 Å². The molecule has 0 saturated carbocycles. The van der Waals surface area contributed by atoms with Gasteiger partial charge in [0.05, 0.1) is 18.9 Å². The van der Waals surface area contributed by atoms with Gasteiger partial charge in [0.2, 0.25) is 0 Å². The van der Waals surface area contributed by atoms with Crippen LogP contribution in [0.5, 0.6) is 11.5 Å². The summed E-state index contributed by atoms with van der Waals surface area (Å²) in [7, 11) is 3.23. The van der Waals surface area contributed by atoms with Gasteiger partial charge in [-0.2, -0.15) is 0 Å². The van der Waals surface area contributed by atoms with Crippen molar-refractivity contribution in [3.8, 4) is 11.5 Å². The molecule has 0 unspecified atom stereocenters. The van der Waals surface area contributed by atoms with Crippen molar-refractivity contribution in [2.75, 3.05) is 46.0 Å². The Morgan fingerprint density at radius 1 is 0.923 bits per heavy atom. The third-order valence-corrected chi connectivity index (χ3v) is 3.58. The first-order chi connectivity index (χ1) is 12.6. The fraction of sp³-hybridized carbons (Fsp3) is 0.350. The molecule has 1 amide bonds. The number of benzene rings is 2. The molecule has 0 aliphatic heterocycles. The number of amides is 1. The van der Waals surface area contributed by atoms with Gasteiger partial charge in [-0.15, -0.1) is 0 Å². The summed E-state index contributed by atoms with van der Waals surface area (Å²) in [5.41, 5.74) is 2.16. The lowest BCUT2D eigenvalue weighted by molar-refractivity contribution is 0.102. The van der Waals surface area contributed by atoms with E-state index in [9.17, 15) is 4.79 Å². The second kappa shape index (κ2) is 10.4. The van der Waals surface area contributed by atoms with E-state index in [-0.39, 0.29) is 5.91 Å². The second-order valence-electron chi connectivity index (χ2n) is 5.66. The molecule has 6 heteroatoms. The maximum absolute atomic E-state index is 12.6. The van der Waals surface area contributed by atoms with Crippen LogP contribution in [0.4, 0.5) is 5.69 Å². The fourth-order valence-corrected chi connectivity index (χ4v) is 2.25. The zero-order chi connectivity index (χ0) is 18.8. The number of anilines is 1. The fourth-order valence-electron chi connectivity index (χ4n) is 2.25. The summed E-state index contributed by atoms with van der Waals surface area (Å²) >= 11 is 0. The van der Waals surface area contributed by atoms with Gasteiger partial charge in [-0.25, -0.2) is 0 Å². The molecule has 0 atom stereocenters. The number of hydrogen-bond donors (Lipinski definition) is 1. The van der Waals surface area contributed by atoms with Crippen molar-refractivity contribution >= 4 is 11.6 Å². The first kappa shape index (κ1) is 19.8. The first-order valence-corrected chi connectivity index (χ1v) is 8.39. The van der Waals surface area contributed by atoms with Crippen LogP contribution in [0.2, 0.25) is 0 Å². The molecule has 2 aromatic rings. The van der Waals surface area contributed by atoms with E-state index in [2.05, 4.69) is 5.32 Å². The van der Waals surface area contributed by atoms with Crippen molar-refractivity contribution in [3.05, 3.63) is 53.6 Å². The summed E-state index contributed by atoms with van der Waals surface area (Å²) in [5.74, 6) is 1.00. The lowest BCUT2D eigenvalue weighted by Crippen LogP contribution is -2.14. The van der Waals surface area contributed by atoms with Gasteiger partial charge < -0.3 is 24.3 Å². The van der Waals surface area contributed by atoms with Crippen LogP contribution in [-0.2, 0) is 9.47 Å². The molecule has 0 fully saturated rings. The zero-order valence-corrected chi connectivity index (χ0v) is 15.4. The van der Waals surface area contributed by atoms with Gasteiger partial charge in [0, 0.05) is 19.8 Å². The van der Waals surface area contributed by atoms with Gasteiger partial charge in [0.15, 0.2) is 0 Å². The molecule has 0 radical (unpaired) electrons. The van der Waals surface area contributed by atoms with Crippen molar-refractivity contribution < 1.29 is 23.7 Å². The van der Waals surface area contributed by atoms with Gasteiger partial charge in [0.25, 0.3) is 5.91 Å². The number of aryl methyl sites for hydroxylation is 1. The van der Waals surface area contributed by atoms with Gasteiger partial charge in [-0.1, -0.05) is 12.1 Å². The molecule has 0 saturated heterocycles. The molecular weight excluding hydrogens is 334 g/mol. The first-order valence-electron chi connectivity index (χ1n) is 8.39. The highest BCUT2D eigenvalue weighted by Crippen LogP contribution is 2.26. The summed E-state index contributed by atoms with van der Waals surface area (Å²) in [5, 5.41) is 2.89. The summed E-state index contributed by atoms with van der Waals surface area (Å²) in [6.45, 7) is 3.77. The van der Waals surface area contributed by atoms with Gasteiger partial charge in [0.1, 0.15) is 24.7 Å². The molecule has 0 bridgehead atoms. The average molecular weight is 359 g/mol. The predicted molar refractivity (Wildman–Crippen MR) is 100 cm³/mol. The molecule has 0 aromatic heterocycles. The molecule has 0 spiro atoms. The third-order valence-electron chi connectivity index (χ3n) is 3.58. The van der Waals surface area contributed by atoms with Gasteiger partial charge in [-0.3, -0.25) is 4.79 Å². The zero-order valence-electron chi connectivity index (χ0n) is 15.4. The highest BCUT2D eigenvalue weighted by atomic mass is 16.5. The Labute approximate surface area is 154 Å². The molecule has 2 rings (SSSR count). The van der Waals surface area contributed by atoms with E-state index < -0.39 is 0 Å². The van der Waals surface area contributed by atoms with Crippen molar-refractivity contribution in [1.82, 2.24) is 0 Å². The van der Waals surface area contributed by atoms with E-state index in [1.54, 1.807) is 38.5 Å². The molecule has 6 nitrogen and oxygen atoms in total. The van der Waals surface area contributed by atoms with E-state index in [0.29, 0.717) is 49.2 Å². The van der Waals surface area contributed by atoms with Crippen LogP contribution in [0, 0.1) is 6.92 Å². The summed E-state index contributed by atoms with van der Waals surface area (Å²) in [4.78, 5) is 12.6. The standard InChI is InChI=1S/C20H25NO5/c1-15-7-8-18(19(13-15)26-12-10-24-3)21-20(22)16-5-4-6-17(14-16)25-11-9-23-2/h4-8,13-14H,9-12H2,1-3H3,(H,21,22). The highest BCUT2D eigenvalue weighted by molar-refractivity contribution is 6.05. The summed E-state index contributed by atoms with van der Waals surface area (Å²) in [6, 6.07) is 12.6. The number of carbonyl (C=O) groups excluding carboxylic acids is 1. The van der Waals surface area contributed by atoms with Crippen molar-refractivity contribution in [2.45, 2.75) is 6.92 Å². The van der Waals surface area contributed by atoms with Crippen LogP contribution in [0.3, 0.4) is 0 Å². The van der Waals surface area contributed by atoms with E-state index in [0.717, 1.165) is 5.56 Å². The SMILES string of the molecule is COCCOc1cccc(C(=O)Nc2ccc(C)cc2OCCOC)c1. The number of hydrogen-bond acceptors (Lipinski definition) is 5. The predicted octanol–water partition coefficient (Wildman–Crippen LogP) is 3.30. The molecule has 2 aromatic carbocycles. The van der Waals surface area contributed by atoms with Crippen LogP contribution in [0.1, 0.15) is 15.9 Å². The topological polar surface area (TPSA) is 66.0 Å². The van der Waals surface area contributed by atoms with Gasteiger partial charge >= 0.3 is 0 Å². The maximum Gasteiger partial charge on any atom is 0.255 e. The van der Waals surface area contributed by atoms with E-state index in [1.807, 2.05) is 25.1 Å². The Morgan fingerprint density at radius 2 is 1.65 bits per heavy atom. The van der Waals surface area contributed by atoms with Crippen LogP contribution in [-0.4, -0.2) is 46.6 Å². The molecule has 140 valence electrons. The molecule has 26 heavy (non-hydrogen) atoms. The molecule has 0 aliphatic carbocycles. The molecule has 0 heterocycles. The molecule has 0 aliphatic rings. The van der Waals surface area contributed by atoms with Crippen LogP contribution < -0.4 is 14.8 Å². The largest absolute Gasteiger partial charge is 0.491 e. The Morgan fingerprint density at radius 3 is 2.38 bits per heavy atom. The molecular formula is C20H25NO5. The van der Waals surface area contributed by atoms with Crippen LogP contribution in [0.25, 0.3) is 0 Å². The van der Waals surface area contributed by atoms with E-state index >= 15 is 0 Å². The number of nitrogens with one attached hydrogen (secondary N) is 1. The highest BCUT2D eigenvalue weighted by Gasteiger charge is 2.11. The van der Waals surface area contributed by atoms with Crippen molar-refractivity contribution in [3.63, 3.8) is 0 Å². The van der Waals surface area contributed by atoms with E-state index in [4.69, 9.17) is 18.9 Å². The number of methoxy groups -OCH3 is 2. The minimum atomic E-state index is -0.234. The normalized spacial score (nSPS) is 10.4. The lowest BCUT2D eigenvalue weighted by Gasteiger charge is -2.14. The lowest BCUT2D eigenvalue weighted by atomic mass is 10.1. The Bertz CT molecular complexity index is 717. The summed E-state index contributed by atoms with van der Waals surface area (Å²) in [6.07, 6.45) is 0. The Kier molecular flexibility index (Phi) is 7.92.